The van der Waals surface area contributed by atoms with Gasteiger partial charge < -0.3 is 4.90 Å². The van der Waals surface area contributed by atoms with Gasteiger partial charge in [-0.2, -0.15) is 4.31 Å². The highest BCUT2D eigenvalue weighted by Crippen LogP contribution is 2.24. The quantitative estimate of drug-likeness (QED) is 0.770. The number of benzene rings is 2. The average Bonchev–Trinajstić information content (AvgIpc) is 2.61. The first-order chi connectivity index (χ1) is 12.3. The first-order valence-electron chi connectivity index (χ1n) is 8.41. The molecule has 26 heavy (non-hydrogen) atoms. The van der Waals surface area contributed by atoms with Crippen LogP contribution < -0.4 is 4.90 Å². The standard InChI is InChI=1S/C19H21FN2O3S/c1-14-12-17(20)6-7-19(14)26(24,25)22-10-8-21(9-11-22)18-5-3-4-16(13-18)15(2)23/h3-7,12-13H,8-11H2,1-2H3. The van der Waals surface area contributed by atoms with E-state index >= 15 is 0 Å². The van der Waals surface area contributed by atoms with Crippen LogP contribution in [0, 0.1) is 12.7 Å². The van der Waals surface area contributed by atoms with E-state index in [9.17, 15) is 17.6 Å². The highest BCUT2D eigenvalue weighted by atomic mass is 32.2. The van der Waals surface area contributed by atoms with Gasteiger partial charge in [-0.3, -0.25) is 4.79 Å². The molecule has 0 radical (unpaired) electrons. The maximum absolute atomic E-state index is 13.3. The molecule has 1 fully saturated rings. The first-order valence-corrected chi connectivity index (χ1v) is 9.85. The number of hydrogen-bond acceptors (Lipinski definition) is 4. The van der Waals surface area contributed by atoms with Gasteiger partial charge in [0.2, 0.25) is 10.0 Å². The Morgan fingerprint density at radius 3 is 2.35 bits per heavy atom. The summed E-state index contributed by atoms with van der Waals surface area (Å²) in [6.07, 6.45) is 0. The molecule has 2 aromatic carbocycles. The van der Waals surface area contributed by atoms with Crippen molar-refractivity contribution in [2.45, 2.75) is 18.7 Å². The molecule has 1 aliphatic heterocycles. The first kappa shape index (κ1) is 18.5. The minimum Gasteiger partial charge on any atom is -0.369 e. The van der Waals surface area contributed by atoms with Crippen molar-refractivity contribution in [1.82, 2.24) is 4.31 Å². The normalized spacial score (nSPS) is 15.9. The second-order valence-electron chi connectivity index (χ2n) is 6.41. The van der Waals surface area contributed by atoms with Crippen LogP contribution in [-0.2, 0) is 10.0 Å². The molecule has 138 valence electrons. The molecule has 0 spiro atoms. The molecule has 0 aliphatic carbocycles. The Bertz CT molecular complexity index is 936. The molecular formula is C19H21FN2O3S. The molecule has 7 heteroatoms. The minimum absolute atomic E-state index is 0.000140. The van der Waals surface area contributed by atoms with Crippen LogP contribution in [0.15, 0.2) is 47.4 Å². The zero-order valence-corrected chi connectivity index (χ0v) is 15.6. The van der Waals surface area contributed by atoms with Gasteiger partial charge in [0, 0.05) is 37.4 Å². The molecule has 0 aromatic heterocycles. The number of Topliss-reactive ketones (excluding diaryl/α,β-unsaturated/α-hetero) is 1. The van der Waals surface area contributed by atoms with E-state index in [1.54, 1.807) is 13.0 Å². The molecule has 0 N–H and O–H groups in total. The van der Waals surface area contributed by atoms with Crippen molar-refractivity contribution < 1.29 is 17.6 Å². The number of piperazine rings is 1. The zero-order valence-electron chi connectivity index (χ0n) is 14.8. The van der Waals surface area contributed by atoms with Gasteiger partial charge in [-0.15, -0.1) is 0 Å². The van der Waals surface area contributed by atoms with E-state index < -0.39 is 15.8 Å². The van der Waals surface area contributed by atoms with Gasteiger partial charge in [0.25, 0.3) is 0 Å². The number of carbonyl (C=O) groups is 1. The lowest BCUT2D eigenvalue weighted by Crippen LogP contribution is -2.48. The minimum atomic E-state index is -3.65. The van der Waals surface area contributed by atoms with Gasteiger partial charge >= 0.3 is 0 Å². The van der Waals surface area contributed by atoms with Gasteiger partial charge in [0.05, 0.1) is 4.90 Å². The summed E-state index contributed by atoms with van der Waals surface area (Å²) < 4.78 is 40.4. The van der Waals surface area contributed by atoms with E-state index in [1.165, 1.54) is 29.4 Å². The summed E-state index contributed by atoms with van der Waals surface area (Å²) in [5, 5.41) is 0. The van der Waals surface area contributed by atoms with Crippen molar-refractivity contribution in [1.29, 1.82) is 0 Å². The predicted octanol–water partition coefficient (Wildman–Crippen LogP) is 2.85. The van der Waals surface area contributed by atoms with Crippen LogP contribution in [0.3, 0.4) is 0 Å². The van der Waals surface area contributed by atoms with Gasteiger partial charge in [0.1, 0.15) is 5.82 Å². The molecule has 1 saturated heterocycles. The monoisotopic (exact) mass is 376 g/mol. The number of carbonyl (C=O) groups excluding carboxylic acids is 1. The van der Waals surface area contributed by atoms with Gasteiger partial charge in [-0.1, -0.05) is 12.1 Å². The molecule has 2 aromatic rings. The van der Waals surface area contributed by atoms with Gasteiger partial charge in [0.15, 0.2) is 5.78 Å². The molecule has 0 saturated carbocycles. The molecule has 0 unspecified atom stereocenters. The molecule has 5 nitrogen and oxygen atoms in total. The second-order valence-corrected chi connectivity index (χ2v) is 8.31. The SMILES string of the molecule is CC(=O)c1cccc(N2CCN(S(=O)(=O)c3ccc(F)cc3C)CC2)c1. The number of hydrogen-bond donors (Lipinski definition) is 0. The lowest BCUT2D eigenvalue weighted by molar-refractivity contribution is 0.101. The Hall–Kier alpha value is -2.25. The number of aryl methyl sites for hydroxylation is 1. The Kier molecular flexibility index (Phi) is 5.11. The van der Waals surface area contributed by atoms with Crippen molar-refractivity contribution in [3.63, 3.8) is 0 Å². The highest BCUT2D eigenvalue weighted by molar-refractivity contribution is 7.89. The lowest BCUT2D eigenvalue weighted by atomic mass is 10.1. The fourth-order valence-corrected chi connectivity index (χ4v) is 4.78. The van der Waals surface area contributed by atoms with E-state index in [4.69, 9.17) is 0 Å². The average molecular weight is 376 g/mol. The Balaban J connectivity index is 1.75. The molecule has 0 atom stereocenters. The fraction of sp³-hybridized carbons (Fsp3) is 0.316. The van der Waals surface area contributed by atoms with Crippen LogP contribution in [-0.4, -0.2) is 44.7 Å². The van der Waals surface area contributed by atoms with Crippen molar-refractivity contribution in [3.05, 3.63) is 59.4 Å². The molecule has 0 amide bonds. The number of anilines is 1. The van der Waals surface area contributed by atoms with E-state index in [-0.39, 0.29) is 10.7 Å². The Morgan fingerprint density at radius 2 is 1.73 bits per heavy atom. The van der Waals surface area contributed by atoms with Gasteiger partial charge in [-0.05, 0) is 49.7 Å². The molecule has 1 heterocycles. The van der Waals surface area contributed by atoms with E-state index in [2.05, 4.69) is 4.90 Å². The van der Waals surface area contributed by atoms with Crippen LogP contribution >= 0.6 is 0 Å². The molecule has 1 aliphatic rings. The number of sulfonamides is 1. The summed E-state index contributed by atoms with van der Waals surface area (Å²) in [6.45, 7) is 4.85. The van der Waals surface area contributed by atoms with E-state index in [0.717, 1.165) is 5.69 Å². The third kappa shape index (κ3) is 3.64. The molecular weight excluding hydrogens is 355 g/mol. The number of rotatable bonds is 4. The van der Waals surface area contributed by atoms with Crippen molar-refractivity contribution in [2.75, 3.05) is 31.1 Å². The maximum Gasteiger partial charge on any atom is 0.243 e. The number of nitrogens with zero attached hydrogens (tertiary/aromatic N) is 2. The van der Waals surface area contributed by atoms with Gasteiger partial charge in [-0.25, -0.2) is 12.8 Å². The summed E-state index contributed by atoms with van der Waals surface area (Å²) in [7, 11) is -3.65. The zero-order chi connectivity index (χ0) is 18.9. The van der Waals surface area contributed by atoms with Crippen molar-refractivity contribution in [2.24, 2.45) is 0 Å². The van der Waals surface area contributed by atoms with E-state index in [0.29, 0.717) is 37.3 Å². The summed E-state index contributed by atoms with van der Waals surface area (Å²) >= 11 is 0. The summed E-state index contributed by atoms with van der Waals surface area (Å²) in [5.74, 6) is -0.448. The second kappa shape index (κ2) is 7.17. The fourth-order valence-electron chi connectivity index (χ4n) is 3.15. The van der Waals surface area contributed by atoms with Crippen molar-refractivity contribution >= 4 is 21.5 Å². The maximum atomic E-state index is 13.3. The van der Waals surface area contributed by atoms with E-state index in [1.807, 2.05) is 18.2 Å². The predicted molar refractivity (Wildman–Crippen MR) is 98.6 cm³/mol. The highest BCUT2D eigenvalue weighted by Gasteiger charge is 2.29. The van der Waals surface area contributed by atoms with Crippen molar-refractivity contribution in [3.8, 4) is 0 Å². The number of halogens is 1. The molecule has 3 rings (SSSR count). The van der Waals surface area contributed by atoms with Crippen LogP contribution in [0.1, 0.15) is 22.8 Å². The molecule has 0 bridgehead atoms. The van der Waals surface area contributed by atoms with Crippen LogP contribution in [0.25, 0.3) is 0 Å². The summed E-state index contributed by atoms with van der Waals surface area (Å²) in [5.41, 5.74) is 1.95. The van der Waals surface area contributed by atoms with Crippen LogP contribution in [0.4, 0.5) is 10.1 Å². The summed E-state index contributed by atoms with van der Waals surface area (Å²) in [4.78, 5) is 13.8. The summed E-state index contributed by atoms with van der Waals surface area (Å²) in [6, 6.07) is 11.1. The lowest BCUT2D eigenvalue weighted by Gasteiger charge is -2.35. The number of ketones is 1. The third-order valence-electron chi connectivity index (χ3n) is 4.61. The van der Waals surface area contributed by atoms with Crippen LogP contribution in [0.2, 0.25) is 0 Å². The third-order valence-corrected chi connectivity index (χ3v) is 6.67. The topological polar surface area (TPSA) is 57.7 Å². The smallest absolute Gasteiger partial charge is 0.243 e. The largest absolute Gasteiger partial charge is 0.369 e. The van der Waals surface area contributed by atoms with Crippen LogP contribution in [0.5, 0.6) is 0 Å². The Labute approximate surface area is 153 Å². The Morgan fingerprint density at radius 1 is 1.04 bits per heavy atom.